The van der Waals surface area contributed by atoms with Crippen LogP contribution in [0.2, 0.25) is 10.0 Å². The van der Waals surface area contributed by atoms with E-state index >= 15 is 0 Å². The lowest BCUT2D eigenvalue weighted by Crippen LogP contribution is -1.90. The maximum Gasteiger partial charge on any atom is 0.178 e. The molecule has 1 aromatic carbocycles. The first-order chi connectivity index (χ1) is 9.59. The predicted octanol–water partition coefficient (Wildman–Crippen LogP) is 5.27. The average Bonchev–Trinajstić information content (AvgIpc) is 2.97. The van der Waals surface area contributed by atoms with Gasteiger partial charge in [0.15, 0.2) is 11.6 Å². The number of benzene rings is 1. The van der Waals surface area contributed by atoms with E-state index < -0.39 is 0 Å². The van der Waals surface area contributed by atoms with Crippen LogP contribution in [-0.2, 0) is 0 Å². The van der Waals surface area contributed by atoms with Crippen LogP contribution in [0.15, 0.2) is 33.5 Å². The standard InChI is InChI=1S/C14H10Cl2N2OS/c1-7-5-20-6-8(7)13-12(14(17)18-19-13)11-9(15)3-2-4-10(11)16/h2-6H,1H3,(H2,17,18). The lowest BCUT2D eigenvalue weighted by atomic mass is 10.0. The van der Waals surface area contributed by atoms with Crippen molar-refractivity contribution in [1.29, 1.82) is 0 Å². The molecule has 3 nitrogen and oxygen atoms in total. The Labute approximate surface area is 129 Å². The molecule has 3 rings (SSSR count). The number of rotatable bonds is 2. The van der Waals surface area contributed by atoms with Crippen LogP contribution >= 0.6 is 34.5 Å². The zero-order valence-electron chi connectivity index (χ0n) is 10.5. The highest BCUT2D eigenvalue weighted by molar-refractivity contribution is 7.08. The van der Waals surface area contributed by atoms with Crippen molar-refractivity contribution in [3.63, 3.8) is 0 Å². The normalized spacial score (nSPS) is 10.9. The molecule has 102 valence electrons. The molecule has 2 aromatic heterocycles. The van der Waals surface area contributed by atoms with Gasteiger partial charge in [0.25, 0.3) is 0 Å². The molecule has 0 saturated heterocycles. The van der Waals surface area contributed by atoms with Crippen LogP contribution in [0.5, 0.6) is 0 Å². The lowest BCUT2D eigenvalue weighted by Gasteiger charge is -2.07. The Morgan fingerprint density at radius 3 is 2.45 bits per heavy atom. The highest BCUT2D eigenvalue weighted by atomic mass is 35.5. The summed E-state index contributed by atoms with van der Waals surface area (Å²) in [7, 11) is 0. The van der Waals surface area contributed by atoms with E-state index in [0.29, 0.717) is 26.9 Å². The van der Waals surface area contributed by atoms with Gasteiger partial charge in [-0.05, 0) is 30.0 Å². The van der Waals surface area contributed by atoms with Gasteiger partial charge in [-0.1, -0.05) is 34.4 Å². The molecule has 20 heavy (non-hydrogen) atoms. The van der Waals surface area contributed by atoms with Crippen LogP contribution in [0.1, 0.15) is 5.56 Å². The number of aryl methyl sites for hydroxylation is 1. The van der Waals surface area contributed by atoms with Crippen LogP contribution in [-0.4, -0.2) is 5.16 Å². The van der Waals surface area contributed by atoms with Crippen LogP contribution < -0.4 is 5.73 Å². The Morgan fingerprint density at radius 1 is 1.15 bits per heavy atom. The molecule has 0 aliphatic rings. The first kappa shape index (κ1) is 13.5. The minimum absolute atomic E-state index is 0.278. The fourth-order valence-electron chi connectivity index (χ4n) is 2.06. The third-order valence-electron chi connectivity index (χ3n) is 3.03. The van der Waals surface area contributed by atoms with Gasteiger partial charge in [0, 0.05) is 16.5 Å². The molecule has 6 heteroatoms. The number of aromatic nitrogens is 1. The van der Waals surface area contributed by atoms with Gasteiger partial charge in [-0.25, -0.2) is 0 Å². The van der Waals surface area contributed by atoms with E-state index in [0.717, 1.165) is 11.1 Å². The summed E-state index contributed by atoms with van der Waals surface area (Å²) in [6, 6.07) is 5.31. The Morgan fingerprint density at radius 2 is 1.85 bits per heavy atom. The summed E-state index contributed by atoms with van der Waals surface area (Å²) in [5.74, 6) is 0.872. The number of halogens is 2. The molecule has 0 fully saturated rings. The second-order valence-electron chi connectivity index (χ2n) is 4.34. The molecular formula is C14H10Cl2N2OS. The molecule has 2 heterocycles. The van der Waals surface area contributed by atoms with E-state index in [2.05, 4.69) is 5.16 Å². The summed E-state index contributed by atoms with van der Waals surface area (Å²) >= 11 is 14.1. The molecular weight excluding hydrogens is 315 g/mol. The van der Waals surface area contributed by atoms with Crippen molar-refractivity contribution in [2.75, 3.05) is 5.73 Å². The van der Waals surface area contributed by atoms with Gasteiger partial charge in [0.05, 0.1) is 15.6 Å². The largest absolute Gasteiger partial charge is 0.380 e. The second-order valence-corrected chi connectivity index (χ2v) is 5.90. The average molecular weight is 325 g/mol. The number of anilines is 1. The third-order valence-corrected chi connectivity index (χ3v) is 4.52. The summed E-state index contributed by atoms with van der Waals surface area (Å²) in [5.41, 5.74) is 9.28. The molecule has 0 radical (unpaired) electrons. The Balaban J connectivity index is 2.31. The van der Waals surface area contributed by atoms with Crippen LogP contribution in [0.3, 0.4) is 0 Å². The zero-order chi connectivity index (χ0) is 14.3. The fourth-order valence-corrected chi connectivity index (χ4v) is 3.47. The molecule has 0 amide bonds. The molecule has 0 unspecified atom stereocenters. The summed E-state index contributed by atoms with van der Waals surface area (Å²) in [5, 5.41) is 8.92. The third kappa shape index (κ3) is 2.10. The smallest absolute Gasteiger partial charge is 0.178 e. The van der Waals surface area contributed by atoms with E-state index in [1.54, 1.807) is 29.5 Å². The predicted molar refractivity (Wildman–Crippen MR) is 84.4 cm³/mol. The second kappa shape index (κ2) is 5.13. The maximum atomic E-state index is 6.26. The number of nitrogens with zero attached hydrogens (tertiary/aromatic N) is 1. The van der Waals surface area contributed by atoms with Crippen molar-refractivity contribution in [2.24, 2.45) is 0 Å². The maximum absolute atomic E-state index is 6.26. The van der Waals surface area contributed by atoms with Crippen molar-refractivity contribution in [1.82, 2.24) is 5.16 Å². The Hall–Kier alpha value is -1.49. The number of nitrogen functional groups attached to an aromatic ring is 1. The highest BCUT2D eigenvalue weighted by Gasteiger charge is 2.23. The van der Waals surface area contributed by atoms with E-state index in [9.17, 15) is 0 Å². The molecule has 0 saturated carbocycles. The zero-order valence-corrected chi connectivity index (χ0v) is 12.8. The van der Waals surface area contributed by atoms with Crippen molar-refractivity contribution in [3.05, 3.63) is 44.6 Å². The van der Waals surface area contributed by atoms with Gasteiger partial charge >= 0.3 is 0 Å². The van der Waals surface area contributed by atoms with Gasteiger partial charge in [0.2, 0.25) is 0 Å². The summed E-state index contributed by atoms with van der Waals surface area (Å²) in [6.45, 7) is 2.00. The first-order valence-corrected chi connectivity index (χ1v) is 7.52. The number of hydrogen-bond donors (Lipinski definition) is 1. The van der Waals surface area contributed by atoms with E-state index in [4.69, 9.17) is 33.5 Å². The topological polar surface area (TPSA) is 52.0 Å². The molecule has 3 aromatic rings. The number of thiophene rings is 1. The summed E-state index contributed by atoms with van der Waals surface area (Å²) in [4.78, 5) is 0. The minimum Gasteiger partial charge on any atom is -0.380 e. The Bertz CT molecular complexity index is 759. The van der Waals surface area contributed by atoms with Gasteiger partial charge < -0.3 is 10.3 Å². The van der Waals surface area contributed by atoms with Crippen LogP contribution in [0.4, 0.5) is 5.82 Å². The van der Waals surface area contributed by atoms with E-state index in [1.165, 1.54) is 0 Å². The van der Waals surface area contributed by atoms with Crippen LogP contribution in [0.25, 0.3) is 22.5 Å². The van der Waals surface area contributed by atoms with Crippen LogP contribution in [0, 0.1) is 6.92 Å². The lowest BCUT2D eigenvalue weighted by molar-refractivity contribution is 0.436. The van der Waals surface area contributed by atoms with Gasteiger partial charge in [-0.2, -0.15) is 11.3 Å². The summed E-state index contributed by atoms with van der Waals surface area (Å²) in [6.07, 6.45) is 0. The SMILES string of the molecule is Cc1cscc1-c1onc(N)c1-c1c(Cl)cccc1Cl. The van der Waals surface area contributed by atoms with E-state index in [1.807, 2.05) is 17.7 Å². The molecule has 0 spiro atoms. The van der Waals surface area contributed by atoms with Crippen molar-refractivity contribution in [3.8, 4) is 22.5 Å². The van der Waals surface area contributed by atoms with Crippen molar-refractivity contribution >= 4 is 40.4 Å². The Kier molecular flexibility index (Phi) is 3.46. The van der Waals surface area contributed by atoms with Crippen molar-refractivity contribution < 1.29 is 4.52 Å². The molecule has 2 N–H and O–H groups in total. The quantitative estimate of drug-likeness (QED) is 0.698. The fraction of sp³-hybridized carbons (Fsp3) is 0.0714. The monoisotopic (exact) mass is 324 g/mol. The van der Waals surface area contributed by atoms with Crippen molar-refractivity contribution in [2.45, 2.75) is 6.92 Å². The van der Waals surface area contributed by atoms with Gasteiger partial charge in [-0.15, -0.1) is 0 Å². The summed E-state index contributed by atoms with van der Waals surface area (Å²) < 4.78 is 5.40. The molecule has 0 aliphatic carbocycles. The van der Waals surface area contributed by atoms with Gasteiger partial charge in [0.1, 0.15) is 0 Å². The van der Waals surface area contributed by atoms with E-state index in [-0.39, 0.29) is 5.82 Å². The van der Waals surface area contributed by atoms with Gasteiger partial charge in [-0.3, -0.25) is 0 Å². The molecule has 0 bridgehead atoms. The molecule has 0 atom stereocenters. The number of nitrogens with two attached hydrogens (primary N) is 1. The molecule has 0 aliphatic heterocycles. The highest BCUT2D eigenvalue weighted by Crippen LogP contribution is 2.44. The minimum atomic E-state index is 0.278. The first-order valence-electron chi connectivity index (χ1n) is 5.82. The number of hydrogen-bond acceptors (Lipinski definition) is 4.